The van der Waals surface area contributed by atoms with Crippen LogP contribution in [-0.4, -0.2) is 21.1 Å². The number of fused-ring (bicyclic) bond motifs is 1. The van der Waals surface area contributed by atoms with Crippen LogP contribution >= 0.6 is 0 Å². The van der Waals surface area contributed by atoms with Crippen molar-refractivity contribution in [1.29, 1.82) is 0 Å². The van der Waals surface area contributed by atoms with E-state index in [-0.39, 0.29) is 11.6 Å². The molecule has 0 unspecified atom stereocenters. The van der Waals surface area contributed by atoms with E-state index < -0.39 is 0 Å². The first kappa shape index (κ1) is 11.5. The van der Waals surface area contributed by atoms with Gasteiger partial charge in [-0.15, -0.1) is 0 Å². The average Bonchev–Trinajstić information content (AvgIpc) is 2.81. The Labute approximate surface area is 105 Å². The summed E-state index contributed by atoms with van der Waals surface area (Å²) >= 11 is 0. The van der Waals surface area contributed by atoms with E-state index in [1.54, 1.807) is 0 Å². The zero-order chi connectivity index (χ0) is 12.7. The Kier molecular flexibility index (Phi) is 2.70. The average molecular weight is 246 g/mol. The number of aromatic nitrogens is 3. The minimum Gasteiger partial charge on any atom is -0.343 e. The number of hydrogen-bond donors (Lipinski definition) is 2. The molecule has 96 valence electrons. The highest BCUT2D eigenvalue weighted by Crippen LogP contribution is 2.22. The van der Waals surface area contributed by atoms with Crippen LogP contribution in [-0.2, 0) is 0 Å². The lowest BCUT2D eigenvalue weighted by atomic mass is 10.0. The summed E-state index contributed by atoms with van der Waals surface area (Å²) in [5, 5.41) is 7.90. The third-order valence-corrected chi connectivity index (χ3v) is 3.79. The van der Waals surface area contributed by atoms with E-state index in [2.05, 4.69) is 15.4 Å². The van der Waals surface area contributed by atoms with Crippen LogP contribution in [0.1, 0.15) is 42.3 Å². The van der Waals surface area contributed by atoms with Crippen molar-refractivity contribution in [2.24, 2.45) is 0 Å². The molecule has 2 aromatic rings. The highest BCUT2D eigenvalue weighted by atomic mass is 16.1. The maximum Gasteiger partial charge on any atom is 0.277 e. The Morgan fingerprint density at radius 1 is 1.39 bits per heavy atom. The van der Waals surface area contributed by atoms with Gasteiger partial charge in [0.15, 0.2) is 0 Å². The van der Waals surface area contributed by atoms with E-state index in [9.17, 15) is 4.79 Å². The van der Waals surface area contributed by atoms with Crippen molar-refractivity contribution in [3.8, 4) is 0 Å². The number of rotatable bonds is 1. The van der Waals surface area contributed by atoms with Crippen LogP contribution in [0, 0.1) is 13.8 Å². The molecule has 3 rings (SSSR count). The molecular formula is C13H18N4O. The van der Waals surface area contributed by atoms with Gasteiger partial charge in [-0.05, 0) is 33.2 Å². The lowest BCUT2D eigenvalue weighted by Gasteiger charge is -2.21. The van der Waals surface area contributed by atoms with Gasteiger partial charge in [-0.25, -0.2) is 0 Å². The maximum absolute atomic E-state index is 12.1. The van der Waals surface area contributed by atoms with E-state index >= 15 is 0 Å². The molecule has 0 amide bonds. The van der Waals surface area contributed by atoms with Gasteiger partial charge in [0.25, 0.3) is 5.56 Å². The fourth-order valence-corrected chi connectivity index (χ4v) is 2.52. The number of aromatic amines is 1. The van der Waals surface area contributed by atoms with Crippen LogP contribution in [0.3, 0.4) is 0 Å². The molecule has 1 atom stereocenters. The standard InChI is InChI=1S/C13H18N4O/c1-8-9(2)15-12-7-11(16-17(12)13(8)18)10-5-3-4-6-14-10/h7,10,14-15H,3-6H2,1-2H3/t10-/m0/s1. The van der Waals surface area contributed by atoms with Crippen molar-refractivity contribution in [3.05, 3.63) is 33.4 Å². The molecular weight excluding hydrogens is 228 g/mol. The van der Waals surface area contributed by atoms with Crippen molar-refractivity contribution >= 4 is 5.65 Å². The number of piperidine rings is 1. The second-order valence-electron chi connectivity index (χ2n) is 5.05. The summed E-state index contributed by atoms with van der Waals surface area (Å²) in [5.74, 6) is 0. The predicted octanol–water partition coefficient (Wildman–Crippen LogP) is 1.45. The smallest absolute Gasteiger partial charge is 0.277 e. The quantitative estimate of drug-likeness (QED) is 0.800. The van der Waals surface area contributed by atoms with Crippen molar-refractivity contribution in [2.45, 2.75) is 39.2 Å². The van der Waals surface area contributed by atoms with Crippen LogP contribution < -0.4 is 10.9 Å². The SMILES string of the molecule is Cc1[nH]c2cc([C@@H]3CCCCN3)nn2c(=O)c1C. The topological polar surface area (TPSA) is 62.2 Å². The number of hydrogen-bond acceptors (Lipinski definition) is 3. The summed E-state index contributed by atoms with van der Waals surface area (Å²) in [7, 11) is 0. The first-order valence-electron chi connectivity index (χ1n) is 6.49. The first-order valence-corrected chi connectivity index (χ1v) is 6.49. The Bertz CT molecular complexity index is 634. The van der Waals surface area contributed by atoms with Crippen molar-refractivity contribution in [2.75, 3.05) is 6.54 Å². The van der Waals surface area contributed by atoms with Crippen LogP contribution in [0.25, 0.3) is 5.65 Å². The molecule has 5 heteroatoms. The number of nitrogens with zero attached hydrogens (tertiary/aromatic N) is 2. The summed E-state index contributed by atoms with van der Waals surface area (Å²) in [5.41, 5.74) is 3.37. The van der Waals surface area contributed by atoms with E-state index in [0.717, 1.165) is 35.6 Å². The van der Waals surface area contributed by atoms with Gasteiger partial charge in [0.1, 0.15) is 5.65 Å². The van der Waals surface area contributed by atoms with Gasteiger partial charge in [-0.2, -0.15) is 9.61 Å². The molecule has 2 aromatic heterocycles. The molecule has 1 aliphatic heterocycles. The summed E-state index contributed by atoms with van der Waals surface area (Å²) < 4.78 is 1.48. The van der Waals surface area contributed by atoms with Gasteiger partial charge in [0.2, 0.25) is 0 Å². The fourth-order valence-electron chi connectivity index (χ4n) is 2.52. The monoisotopic (exact) mass is 246 g/mol. The first-order chi connectivity index (χ1) is 8.66. The molecule has 1 aliphatic rings. The minimum absolute atomic E-state index is 0.0247. The molecule has 1 saturated heterocycles. The molecule has 0 saturated carbocycles. The van der Waals surface area contributed by atoms with Gasteiger partial charge in [0, 0.05) is 17.3 Å². The molecule has 0 radical (unpaired) electrons. The van der Waals surface area contributed by atoms with E-state index in [1.165, 1.54) is 17.4 Å². The third kappa shape index (κ3) is 1.75. The molecule has 5 nitrogen and oxygen atoms in total. The van der Waals surface area contributed by atoms with E-state index in [0.29, 0.717) is 0 Å². The van der Waals surface area contributed by atoms with Crippen LogP contribution in [0.5, 0.6) is 0 Å². The van der Waals surface area contributed by atoms with Gasteiger partial charge in [0.05, 0.1) is 11.7 Å². The Morgan fingerprint density at radius 2 is 2.22 bits per heavy atom. The fraction of sp³-hybridized carbons (Fsp3) is 0.538. The largest absolute Gasteiger partial charge is 0.343 e. The maximum atomic E-state index is 12.1. The number of nitrogens with one attached hydrogen (secondary N) is 2. The van der Waals surface area contributed by atoms with Crippen molar-refractivity contribution in [1.82, 2.24) is 19.9 Å². The Morgan fingerprint density at radius 3 is 2.94 bits per heavy atom. The summed E-state index contributed by atoms with van der Waals surface area (Å²) in [4.78, 5) is 15.3. The summed E-state index contributed by atoms with van der Waals surface area (Å²) in [6.07, 6.45) is 3.54. The minimum atomic E-state index is -0.0247. The predicted molar refractivity (Wildman–Crippen MR) is 69.9 cm³/mol. The number of aryl methyl sites for hydroxylation is 1. The third-order valence-electron chi connectivity index (χ3n) is 3.79. The lowest BCUT2D eigenvalue weighted by molar-refractivity contribution is 0.404. The number of H-pyrrole nitrogens is 1. The van der Waals surface area contributed by atoms with Gasteiger partial charge in [-0.3, -0.25) is 4.79 Å². The second-order valence-corrected chi connectivity index (χ2v) is 5.05. The summed E-state index contributed by atoms with van der Waals surface area (Å²) in [6.45, 7) is 4.78. The normalized spacial score (nSPS) is 20.4. The molecule has 2 N–H and O–H groups in total. The van der Waals surface area contributed by atoms with E-state index in [1.807, 2.05) is 19.9 Å². The zero-order valence-corrected chi connectivity index (χ0v) is 10.8. The van der Waals surface area contributed by atoms with Crippen LogP contribution in [0.2, 0.25) is 0 Å². The molecule has 0 aromatic carbocycles. The molecule has 0 aliphatic carbocycles. The Hall–Kier alpha value is -1.62. The second kappa shape index (κ2) is 4.24. The van der Waals surface area contributed by atoms with Gasteiger partial charge < -0.3 is 10.3 Å². The van der Waals surface area contributed by atoms with Crippen molar-refractivity contribution in [3.63, 3.8) is 0 Å². The lowest BCUT2D eigenvalue weighted by Crippen LogP contribution is -2.27. The molecule has 0 spiro atoms. The van der Waals surface area contributed by atoms with Crippen LogP contribution in [0.15, 0.2) is 10.9 Å². The summed E-state index contributed by atoms with van der Waals surface area (Å²) in [6, 6.07) is 2.27. The van der Waals surface area contributed by atoms with Crippen LogP contribution in [0.4, 0.5) is 0 Å². The van der Waals surface area contributed by atoms with Gasteiger partial charge in [-0.1, -0.05) is 6.42 Å². The molecule has 18 heavy (non-hydrogen) atoms. The highest BCUT2D eigenvalue weighted by Gasteiger charge is 2.19. The molecule has 3 heterocycles. The van der Waals surface area contributed by atoms with Crippen molar-refractivity contribution < 1.29 is 0 Å². The molecule has 0 bridgehead atoms. The Balaban J connectivity index is 2.10. The highest BCUT2D eigenvalue weighted by molar-refractivity contribution is 5.42. The molecule has 1 fully saturated rings. The van der Waals surface area contributed by atoms with E-state index in [4.69, 9.17) is 0 Å². The zero-order valence-electron chi connectivity index (χ0n) is 10.8. The van der Waals surface area contributed by atoms with Gasteiger partial charge >= 0.3 is 0 Å².